The van der Waals surface area contributed by atoms with Crippen molar-refractivity contribution in [3.05, 3.63) is 35.9 Å². The molecule has 2 aromatic heterocycles. The third kappa shape index (κ3) is 4.65. The van der Waals surface area contributed by atoms with Crippen LogP contribution in [0, 0.1) is 12.7 Å². The molecule has 1 amide bonds. The van der Waals surface area contributed by atoms with Gasteiger partial charge in [-0.15, -0.1) is 0 Å². The highest BCUT2D eigenvalue weighted by molar-refractivity contribution is 5.99. The lowest BCUT2D eigenvalue weighted by Gasteiger charge is -2.38. The molecular weight excluding hydrogens is 498 g/mol. The molecule has 0 aliphatic carbocycles. The minimum Gasteiger partial charge on any atom is -0.474 e. The molecule has 0 saturated carbocycles. The van der Waals surface area contributed by atoms with E-state index in [1.165, 1.54) is 18.5 Å². The summed E-state index contributed by atoms with van der Waals surface area (Å²) < 4.78 is 41.3. The molecule has 4 N–H and O–H groups in total. The molecule has 2 aliphatic rings. The monoisotopic (exact) mass is 528 g/mol. The molecular formula is C26H30F2N6O4. The van der Waals surface area contributed by atoms with E-state index in [1.807, 2.05) is 11.8 Å². The number of hydrogen-bond acceptors (Lipinski definition) is 8. The Labute approximate surface area is 218 Å². The first-order chi connectivity index (χ1) is 18.3. The molecule has 2 unspecified atom stereocenters. The molecule has 1 fully saturated rings. The summed E-state index contributed by atoms with van der Waals surface area (Å²) in [5.74, 6) is -0.129. The van der Waals surface area contributed by atoms with Gasteiger partial charge in [-0.05, 0) is 36.4 Å². The van der Waals surface area contributed by atoms with Crippen LogP contribution in [0.5, 0.6) is 5.88 Å². The summed E-state index contributed by atoms with van der Waals surface area (Å²) in [5, 5.41) is 14.1. The Bertz CT molecular complexity index is 1370. The van der Waals surface area contributed by atoms with Crippen LogP contribution in [0.3, 0.4) is 0 Å². The van der Waals surface area contributed by atoms with Gasteiger partial charge in [0.15, 0.2) is 5.82 Å². The van der Waals surface area contributed by atoms with Gasteiger partial charge in [0.2, 0.25) is 5.88 Å². The number of nitrogen functional groups attached to an aromatic ring is 1. The van der Waals surface area contributed by atoms with E-state index < -0.39 is 24.1 Å². The quantitative estimate of drug-likeness (QED) is 0.411. The zero-order valence-corrected chi connectivity index (χ0v) is 21.2. The number of anilines is 3. The number of rotatable bonds is 6. The van der Waals surface area contributed by atoms with Gasteiger partial charge in [-0.1, -0.05) is 0 Å². The number of methoxy groups -OCH3 is 1. The predicted molar refractivity (Wildman–Crippen MR) is 140 cm³/mol. The molecule has 0 radical (unpaired) electrons. The Kier molecular flexibility index (Phi) is 7.17. The number of nitrogens with two attached hydrogens (primary N) is 1. The van der Waals surface area contributed by atoms with Crippen LogP contribution in [0.25, 0.3) is 21.9 Å². The predicted octanol–water partition coefficient (Wildman–Crippen LogP) is 3.67. The molecule has 12 heteroatoms. The molecule has 5 rings (SSSR count). The van der Waals surface area contributed by atoms with E-state index in [0.717, 1.165) is 10.5 Å². The normalized spacial score (nSPS) is 19.5. The van der Waals surface area contributed by atoms with Gasteiger partial charge in [0.25, 0.3) is 0 Å². The van der Waals surface area contributed by atoms with Gasteiger partial charge in [0, 0.05) is 62.2 Å². The summed E-state index contributed by atoms with van der Waals surface area (Å²) in [6.45, 7) is 4.57. The van der Waals surface area contributed by atoms with Crippen LogP contribution >= 0.6 is 0 Å². The van der Waals surface area contributed by atoms with Crippen LogP contribution in [0.15, 0.2) is 24.5 Å². The molecule has 0 bridgehead atoms. The summed E-state index contributed by atoms with van der Waals surface area (Å²) >= 11 is 0. The van der Waals surface area contributed by atoms with E-state index in [9.17, 15) is 9.90 Å². The number of fused-ring (bicyclic) bond motifs is 2. The number of piperidine rings is 1. The third-order valence-electron chi connectivity index (χ3n) is 7.21. The van der Waals surface area contributed by atoms with Crippen LogP contribution in [-0.2, 0) is 4.74 Å². The SMILES string of the molecule is COCCN1CCC(N(C(=O)O)c2cc3cc(-c4cnc5c(c4C)NCCO5)c(F)c(N)c3cn2)C(F)C1. The fourth-order valence-electron chi connectivity index (χ4n) is 5.19. The fourth-order valence-corrected chi connectivity index (χ4v) is 5.19. The second-order valence-corrected chi connectivity index (χ2v) is 9.49. The minimum atomic E-state index is -1.41. The van der Waals surface area contributed by atoms with Crippen molar-refractivity contribution in [2.75, 3.05) is 62.5 Å². The lowest BCUT2D eigenvalue weighted by atomic mass is 9.96. The summed E-state index contributed by atoms with van der Waals surface area (Å²) in [7, 11) is 1.58. The van der Waals surface area contributed by atoms with Crippen LogP contribution in [0.4, 0.5) is 30.8 Å². The topological polar surface area (TPSA) is 126 Å². The first kappa shape index (κ1) is 25.9. The summed E-state index contributed by atoms with van der Waals surface area (Å²) in [4.78, 5) is 23.7. The first-order valence-electron chi connectivity index (χ1n) is 12.4. The number of ether oxygens (including phenoxy) is 2. The maximum atomic E-state index is 15.5. The van der Waals surface area contributed by atoms with Crippen molar-refractivity contribution in [1.29, 1.82) is 0 Å². The van der Waals surface area contributed by atoms with Gasteiger partial charge in [-0.25, -0.2) is 23.5 Å². The van der Waals surface area contributed by atoms with Crippen molar-refractivity contribution in [3.8, 4) is 17.0 Å². The largest absolute Gasteiger partial charge is 0.474 e. The lowest BCUT2D eigenvalue weighted by Crippen LogP contribution is -2.55. The fraction of sp³-hybridized carbons (Fsp3) is 0.423. The highest BCUT2D eigenvalue weighted by atomic mass is 19.1. The zero-order chi connectivity index (χ0) is 27.0. The Morgan fingerprint density at radius 2 is 2.16 bits per heavy atom. The van der Waals surface area contributed by atoms with Crippen molar-refractivity contribution >= 4 is 34.1 Å². The maximum Gasteiger partial charge on any atom is 0.413 e. The van der Waals surface area contributed by atoms with Crippen molar-refractivity contribution in [1.82, 2.24) is 14.9 Å². The Balaban J connectivity index is 1.53. The highest BCUT2D eigenvalue weighted by Gasteiger charge is 2.37. The standard InChI is InChI=1S/C26H30F2N6O4/c1-14-17(11-32-25-24(14)30-4-7-38-25)16-9-15-10-21(31-12-18(15)23(29)22(16)28)34(26(35)36)20-3-5-33(6-8-37-2)13-19(20)27/h9-12,19-20,30H,3-8,13,29H2,1-2H3,(H,35,36). The van der Waals surface area contributed by atoms with E-state index in [4.69, 9.17) is 15.2 Å². The van der Waals surface area contributed by atoms with Crippen LogP contribution < -0.4 is 20.7 Å². The Hall–Kier alpha value is -3.77. The van der Waals surface area contributed by atoms with E-state index in [1.54, 1.807) is 13.2 Å². The molecule has 2 atom stereocenters. The average Bonchev–Trinajstić information content (AvgIpc) is 2.91. The molecule has 202 valence electrons. The number of carboxylic acid groups (broad SMARTS) is 1. The number of likely N-dealkylation sites (tertiary alicyclic amines) is 1. The van der Waals surface area contributed by atoms with E-state index in [2.05, 4.69) is 15.3 Å². The van der Waals surface area contributed by atoms with Crippen LogP contribution in [-0.4, -0.2) is 84.8 Å². The number of halogens is 2. The number of hydrogen-bond donors (Lipinski definition) is 3. The van der Waals surface area contributed by atoms with Crippen LogP contribution in [0.1, 0.15) is 12.0 Å². The third-order valence-corrected chi connectivity index (χ3v) is 7.21. The van der Waals surface area contributed by atoms with E-state index >= 15 is 8.78 Å². The molecule has 1 aromatic carbocycles. The number of carbonyl (C=O) groups is 1. The minimum absolute atomic E-state index is 0.0512. The zero-order valence-electron chi connectivity index (χ0n) is 21.2. The number of alkyl halides is 1. The molecule has 3 aromatic rings. The van der Waals surface area contributed by atoms with Crippen LogP contribution in [0.2, 0.25) is 0 Å². The molecule has 1 saturated heterocycles. The number of benzene rings is 1. The Morgan fingerprint density at radius 1 is 1.34 bits per heavy atom. The van der Waals surface area contributed by atoms with Crippen molar-refractivity contribution in [2.45, 2.75) is 25.6 Å². The second kappa shape index (κ2) is 10.5. The second-order valence-electron chi connectivity index (χ2n) is 9.49. The highest BCUT2D eigenvalue weighted by Crippen LogP contribution is 2.40. The molecule has 2 aliphatic heterocycles. The lowest BCUT2D eigenvalue weighted by molar-refractivity contribution is 0.0840. The average molecular weight is 529 g/mol. The summed E-state index contributed by atoms with van der Waals surface area (Å²) in [5.41, 5.74) is 8.22. The molecule has 4 heterocycles. The number of aromatic nitrogens is 2. The molecule has 38 heavy (non-hydrogen) atoms. The Morgan fingerprint density at radius 3 is 2.89 bits per heavy atom. The van der Waals surface area contributed by atoms with E-state index in [0.29, 0.717) is 67.2 Å². The van der Waals surface area contributed by atoms with Gasteiger partial charge in [0.05, 0.1) is 18.3 Å². The van der Waals surface area contributed by atoms with Gasteiger partial charge in [-0.2, -0.15) is 0 Å². The number of amides is 1. The smallest absolute Gasteiger partial charge is 0.413 e. The van der Waals surface area contributed by atoms with Gasteiger partial charge >= 0.3 is 6.09 Å². The number of nitrogens with zero attached hydrogens (tertiary/aromatic N) is 4. The molecule has 0 spiro atoms. The van der Waals surface area contributed by atoms with Gasteiger partial charge in [0.1, 0.15) is 24.3 Å². The number of nitrogens with one attached hydrogen (secondary N) is 1. The van der Waals surface area contributed by atoms with Crippen molar-refractivity contribution in [2.24, 2.45) is 0 Å². The summed E-state index contributed by atoms with van der Waals surface area (Å²) in [6, 6.07) is 2.19. The molecule has 10 nitrogen and oxygen atoms in total. The van der Waals surface area contributed by atoms with Crippen molar-refractivity contribution in [3.63, 3.8) is 0 Å². The summed E-state index contributed by atoms with van der Waals surface area (Å²) in [6.07, 6.45) is 0.425. The van der Waals surface area contributed by atoms with Gasteiger partial charge < -0.3 is 25.6 Å². The first-order valence-corrected chi connectivity index (χ1v) is 12.4. The van der Waals surface area contributed by atoms with E-state index in [-0.39, 0.29) is 23.6 Å². The maximum absolute atomic E-state index is 15.5. The number of pyridine rings is 2. The van der Waals surface area contributed by atoms with Crippen molar-refractivity contribution < 1.29 is 28.2 Å². The van der Waals surface area contributed by atoms with Gasteiger partial charge in [-0.3, -0.25) is 9.80 Å².